The van der Waals surface area contributed by atoms with E-state index in [1.54, 1.807) is 24.5 Å². The van der Waals surface area contributed by atoms with Crippen LogP contribution < -0.4 is 5.32 Å². The molecule has 0 atom stereocenters. The van der Waals surface area contributed by atoms with Crippen LogP contribution in [0.15, 0.2) is 78.8 Å². The minimum atomic E-state index is -0.518. The number of benzene rings is 2. The molecular formula is C22H15F2N3O2. The van der Waals surface area contributed by atoms with Crippen LogP contribution in [0, 0.1) is 11.6 Å². The van der Waals surface area contributed by atoms with Crippen molar-refractivity contribution in [3.8, 4) is 0 Å². The SMILES string of the molecule is O=C1C(Nc2ccc(F)cc2)=C(c2ccc(F)cc2)C(=O)N1Cc1ccncc1. The quantitative estimate of drug-likeness (QED) is 0.673. The summed E-state index contributed by atoms with van der Waals surface area (Å²) in [5, 5.41) is 2.92. The van der Waals surface area contributed by atoms with Crippen LogP contribution in [0.2, 0.25) is 0 Å². The lowest BCUT2D eigenvalue weighted by Crippen LogP contribution is -2.32. The van der Waals surface area contributed by atoms with Crippen LogP contribution in [0.1, 0.15) is 11.1 Å². The van der Waals surface area contributed by atoms with Crippen molar-refractivity contribution in [2.75, 3.05) is 5.32 Å². The summed E-state index contributed by atoms with van der Waals surface area (Å²) in [6, 6.07) is 14.2. The van der Waals surface area contributed by atoms with Crippen LogP contribution >= 0.6 is 0 Å². The molecule has 2 amide bonds. The normalized spacial score (nSPS) is 13.9. The zero-order chi connectivity index (χ0) is 20.4. The molecule has 0 saturated carbocycles. The van der Waals surface area contributed by atoms with Crippen molar-refractivity contribution in [2.24, 2.45) is 0 Å². The van der Waals surface area contributed by atoms with Crippen molar-refractivity contribution >= 4 is 23.1 Å². The summed E-state index contributed by atoms with van der Waals surface area (Å²) in [6.45, 7) is 0.0689. The molecule has 29 heavy (non-hydrogen) atoms. The number of halogens is 2. The molecule has 5 nitrogen and oxygen atoms in total. The van der Waals surface area contributed by atoms with Crippen molar-refractivity contribution in [1.82, 2.24) is 9.88 Å². The maximum Gasteiger partial charge on any atom is 0.278 e. The van der Waals surface area contributed by atoms with E-state index in [0.717, 1.165) is 10.5 Å². The van der Waals surface area contributed by atoms with Gasteiger partial charge in [-0.05, 0) is 59.7 Å². The Hall–Kier alpha value is -3.87. The molecule has 1 aliphatic heterocycles. The number of hydrogen-bond acceptors (Lipinski definition) is 4. The van der Waals surface area contributed by atoms with Crippen LogP contribution in [-0.4, -0.2) is 21.7 Å². The second-order valence-electron chi connectivity index (χ2n) is 6.44. The highest BCUT2D eigenvalue weighted by atomic mass is 19.1. The summed E-state index contributed by atoms with van der Waals surface area (Å²) in [5.74, 6) is -1.89. The van der Waals surface area contributed by atoms with Gasteiger partial charge < -0.3 is 5.32 Å². The van der Waals surface area contributed by atoms with Crippen LogP contribution in [0.25, 0.3) is 5.57 Å². The Morgan fingerprint density at radius 1 is 0.793 bits per heavy atom. The molecule has 0 radical (unpaired) electrons. The maximum absolute atomic E-state index is 13.4. The van der Waals surface area contributed by atoms with Gasteiger partial charge >= 0.3 is 0 Å². The summed E-state index contributed by atoms with van der Waals surface area (Å²) in [4.78, 5) is 31.2. The highest BCUT2D eigenvalue weighted by Crippen LogP contribution is 2.31. The first-order chi connectivity index (χ1) is 14.0. The topological polar surface area (TPSA) is 62.3 Å². The Kier molecular flexibility index (Phi) is 4.87. The molecule has 1 aliphatic rings. The Labute approximate surface area is 165 Å². The molecule has 1 aromatic heterocycles. The fourth-order valence-corrected chi connectivity index (χ4v) is 3.07. The summed E-state index contributed by atoms with van der Waals surface area (Å²) in [6.07, 6.45) is 3.15. The molecule has 4 rings (SSSR count). The Bertz CT molecular complexity index is 1100. The largest absolute Gasteiger partial charge is 0.350 e. The van der Waals surface area contributed by atoms with Crippen LogP contribution in [0.3, 0.4) is 0 Å². The van der Waals surface area contributed by atoms with E-state index in [2.05, 4.69) is 10.3 Å². The Balaban J connectivity index is 1.74. The molecule has 0 bridgehead atoms. The number of anilines is 1. The molecule has 1 N–H and O–H groups in total. The zero-order valence-electron chi connectivity index (χ0n) is 15.1. The number of pyridine rings is 1. The first kappa shape index (κ1) is 18.5. The third-order valence-corrected chi connectivity index (χ3v) is 4.50. The summed E-state index contributed by atoms with van der Waals surface area (Å²) in [7, 11) is 0. The second kappa shape index (κ2) is 7.63. The summed E-state index contributed by atoms with van der Waals surface area (Å²) in [5.41, 5.74) is 1.79. The molecule has 0 spiro atoms. The monoisotopic (exact) mass is 391 g/mol. The van der Waals surface area contributed by atoms with E-state index in [1.165, 1.54) is 48.5 Å². The lowest BCUT2D eigenvalue weighted by molar-refractivity contribution is -0.137. The first-order valence-corrected chi connectivity index (χ1v) is 8.81. The third kappa shape index (κ3) is 3.75. The van der Waals surface area contributed by atoms with Gasteiger partial charge in [-0.3, -0.25) is 19.5 Å². The standard InChI is InChI=1S/C22H15F2N3O2/c23-16-3-1-15(2-4-16)19-20(26-18-7-5-17(24)6-8-18)22(29)27(21(19)28)13-14-9-11-25-12-10-14/h1-12,26H,13H2. The fraction of sp³-hybridized carbons (Fsp3) is 0.0455. The average Bonchev–Trinajstić information content (AvgIpc) is 2.95. The van der Waals surface area contributed by atoms with Gasteiger partial charge in [-0.2, -0.15) is 0 Å². The summed E-state index contributed by atoms with van der Waals surface area (Å²) < 4.78 is 26.6. The van der Waals surface area contributed by atoms with Gasteiger partial charge in [-0.1, -0.05) is 12.1 Å². The number of amides is 2. The van der Waals surface area contributed by atoms with E-state index in [9.17, 15) is 18.4 Å². The van der Waals surface area contributed by atoms with E-state index in [-0.39, 0.29) is 17.8 Å². The van der Waals surface area contributed by atoms with Crippen molar-refractivity contribution in [2.45, 2.75) is 6.54 Å². The number of nitrogens with one attached hydrogen (secondary N) is 1. The number of carbonyl (C=O) groups excluding carboxylic acids is 2. The number of aromatic nitrogens is 1. The number of carbonyl (C=O) groups is 2. The van der Waals surface area contributed by atoms with Crippen molar-refractivity contribution < 1.29 is 18.4 Å². The van der Waals surface area contributed by atoms with Crippen LogP contribution in [-0.2, 0) is 16.1 Å². The molecule has 7 heteroatoms. The predicted molar refractivity (Wildman–Crippen MR) is 103 cm³/mol. The lowest BCUT2D eigenvalue weighted by atomic mass is 10.0. The zero-order valence-corrected chi connectivity index (χ0v) is 15.1. The molecule has 0 unspecified atom stereocenters. The lowest BCUT2D eigenvalue weighted by Gasteiger charge is -2.15. The van der Waals surface area contributed by atoms with Crippen LogP contribution in [0.4, 0.5) is 14.5 Å². The molecule has 0 saturated heterocycles. The average molecular weight is 391 g/mol. The smallest absolute Gasteiger partial charge is 0.278 e. The molecule has 0 aliphatic carbocycles. The van der Waals surface area contributed by atoms with Crippen LogP contribution in [0.5, 0.6) is 0 Å². The summed E-state index contributed by atoms with van der Waals surface area (Å²) >= 11 is 0. The van der Waals surface area contributed by atoms with Gasteiger partial charge in [0.05, 0.1) is 12.1 Å². The molecule has 3 aromatic rings. The van der Waals surface area contributed by atoms with Crippen molar-refractivity contribution in [3.05, 3.63) is 102 Å². The van der Waals surface area contributed by atoms with Gasteiger partial charge in [0, 0.05) is 18.1 Å². The van der Waals surface area contributed by atoms with Gasteiger partial charge in [0.25, 0.3) is 11.8 Å². The molecule has 2 aromatic carbocycles. The second-order valence-corrected chi connectivity index (χ2v) is 6.44. The third-order valence-electron chi connectivity index (χ3n) is 4.50. The Morgan fingerprint density at radius 2 is 1.38 bits per heavy atom. The number of nitrogens with zero attached hydrogens (tertiary/aromatic N) is 2. The number of rotatable bonds is 5. The van der Waals surface area contributed by atoms with E-state index in [4.69, 9.17) is 0 Å². The van der Waals surface area contributed by atoms with E-state index >= 15 is 0 Å². The first-order valence-electron chi connectivity index (χ1n) is 8.81. The number of hydrogen-bond donors (Lipinski definition) is 1. The van der Waals surface area contributed by atoms with Crippen molar-refractivity contribution in [1.29, 1.82) is 0 Å². The molecule has 144 valence electrons. The van der Waals surface area contributed by atoms with Gasteiger partial charge in [-0.25, -0.2) is 8.78 Å². The van der Waals surface area contributed by atoms with E-state index < -0.39 is 23.4 Å². The molecule has 2 heterocycles. The maximum atomic E-state index is 13.4. The predicted octanol–water partition coefficient (Wildman–Crippen LogP) is 3.75. The minimum absolute atomic E-state index is 0.0577. The van der Waals surface area contributed by atoms with Gasteiger partial charge in [-0.15, -0.1) is 0 Å². The molecular weight excluding hydrogens is 376 g/mol. The van der Waals surface area contributed by atoms with E-state index in [0.29, 0.717) is 11.3 Å². The highest BCUT2D eigenvalue weighted by Gasteiger charge is 2.39. The number of imide groups is 1. The van der Waals surface area contributed by atoms with E-state index in [1.807, 2.05) is 0 Å². The minimum Gasteiger partial charge on any atom is -0.350 e. The fourth-order valence-electron chi connectivity index (χ4n) is 3.07. The van der Waals surface area contributed by atoms with Gasteiger partial charge in [0.2, 0.25) is 0 Å². The Morgan fingerprint density at radius 3 is 2.00 bits per heavy atom. The van der Waals surface area contributed by atoms with Gasteiger partial charge in [0.15, 0.2) is 0 Å². The highest BCUT2D eigenvalue weighted by molar-refractivity contribution is 6.36. The van der Waals surface area contributed by atoms with Gasteiger partial charge in [0.1, 0.15) is 17.3 Å². The van der Waals surface area contributed by atoms with Crippen molar-refractivity contribution in [3.63, 3.8) is 0 Å². The molecule has 0 fully saturated rings.